The standard InChI is InChI=1S/C19H34/c1-8-13(2)15-9-10-17-14(3)16(18(4,5)6)11-12-19(15,17)7/h14-17H,2,8-12H2,1,3-7H3. The highest BCUT2D eigenvalue weighted by Crippen LogP contribution is 2.62. The van der Waals surface area contributed by atoms with Crippen molar-refractivity contribution in [2.75, 3.05) is 0 Å². The van der Waals surface area contributed by atoms with Crippen LogP contribution in [0.4, 0.5) is 0 Å². The summed E-state index contributed by atoms with van der Waals surface area (Å²) in [6.45, 7) is 19.1. The quantitative estimate of drug-likeness (QED) is 0.529. The van der Waals surface area contributed by atoms with E-state index in [4.69, 9.17) is 0 Å². The average Bonchev–Trinajstić information content (AvgIpc) is 2.65. The van der Waals surface area contributed by atoms with Crippen LogP contribution in [0.3, 0.4) is 0 Å². The molecule has 0 N–H and O–H groups in total. The van der Waals surface area contributed by atoms with Gasteiger partial charge in [0.1, 0.15) is 0 Å². The second-order valence-electron chi connectivity index (χ2n) is 8.62. The first kappa shape index (κ1) is 15.1. The van der Waals surface area contributed by atoms with Crippen LogP contribution < -0.4 is 0 Å². The fraction of sp³-hybridized carbons (Fsp3) is 0.895. The summed E-state index contributed by atoms with van der Waals surface area (Å²) in [7, 11) is 0. The topological polar surface area (TPSA) is 0 Å². The molecule has 0 aliphatic heterocycles. The maximum atomic E-state index is 4.38. The van der Waals surface area contributed by atoms with E-state index in [0.717, 1.165) is 23.7 Å². The Morgan fingerprint density at radius 3 is 2.37 bits per heavy atom. The molecule has 0 radical (unpaired) electrons. The maximum Gasteiger partial charge on any atom is -0.0149 e. The summed E-state index contributed by atoms with van der Waals surface area (Å²) in [4.78, 5) is 0. The Kier molecular flexibility index (Phi) is 3.93. The van der Waals surface area contributed by atoms with Gasteiger partial charge in [-0.25, -0.2) is 0 Å². The van der Waals surface area contributed by atoms with E-state index in [1.54, 1.807) is 0 Å². The number of rotatable bonds is 2. The molecule has 0 heteroatoms. The van der Waals surface area contributed by atoms with Crippen molar-refractivity contribution in [2.24, 2.45) is 34.5 Å². The monoisotopic (exact) mass is 262 g/mol. The highest BCUT2D eigenvalue weighted by Gasteiger charge is 2.54. The van der Waals surface area contributed by atoms with E-state index in [1.165, 1.54) is 37.7 Å². The molecule has 0 saturated heterocycles. The predicted octanol–water partition coefficient (Wildman–Crippen LogP) is 6.08. The number of allylic oxidation sites excluding steroid dienone is 1. The molecule has 0 amide bonds. The van der Waals surface area contributed by atoms with E-state index < -0.39 is 0 Å². The van der Waals surface area contributed by atoms with Crippen LogP contribution in [0.25, 0.3) is 0 Å². The van der Waals surface area contributed by atoms with Crippen LogP contribution in [0.2, 0.25) is 0 Å². The number of fused-ring (bicyclic) bond motifs is 1. The third-order valence-electron chi connectivity index (χ3n) is 6.73. The molecule has 110 valence electrons. The van der Waals surface area contributed by atoms with E-state index in [9.17, 15) is 0 Å². The number of hydrogen-bond donors (Lipinski definition) is 0. The van der Waals surface area contributed by atoms with Crippen LogP contribution in [0.15, 0.2) is 12.2 Å². The van der Waals surface area contributed by atoms with Gasteiger partial charge in [-0.15, -0.1) is 0 Å². The van der Waals surface area contributed by atoms with E-state index >= 15 is 0 Å². The molecular weight excluding hydrogens is 228 g/mol. The molecule has 0 bridgehead atoms. The zero-order valence-corrected chi connectivity index (χ0v) is 14.1. The molecule has 0 aromatic carbocycles. The van der Waals surface area contributed by atoms with Gasteiger partial charge in [0.2, 0.25) is 0 Å². The zero-order valence-electron chi connectivity index (χ0n) is 14.1. The van der Waals surface area contributed by atoms with Crippen molar-refractivity contribution in [3.8, 4) is 0 Å². The SMILES string of the molecule is C=C(CC)C1CCC2C(C)C(C(C)(C)C)CCC12C. The highest BCUT2D eigenvalue weighted by molar-refractivity contribution is 5.14. The lowest BCUT2D eigenvalue weighted by Gasteiger charge is -2.51. The predicted molar refractivity (Wildman–Crippen MR) is 85.1 cm³/mol. The molecule has 0 nitrogen and oxygen atoms in total. The van der Waals surface area contributed by atoms with Gasteiger partial charge in [0.15, 0.2) is 0 Å². The molecule has 2 aliphatic rings. The summed E-state index contributed by atoms with van der Waals surface area (Å²) in [5, 5.41) is 0. The van der Waals surface area contributed by atoms with Crippen molar-refractivity contribution in [1.82, 2.24) is 0 Å². The Labute approximate surface area is 121 Å². The van der Waals surface area contributed by atoms with Gasteiger partial charge in [0, 0.05) is 0 Å². The number of hydrogen-bond acceptors (Lipinski definition) is 0. The summed E-state index contributed by atoms with van der Waals surface area (Å²) >= 11 is 0. The van der Waals surface area contributed by atoms with Gasteiger partial charge in [0.05, 0.1) is 0 Å². The Bertz CT molecular complexity index is 346. The van der Waals surface area contributed by atoms with Crippen molar-refractivity contribution < 1.29 is 0 Å². The minimum atomic E-state index is 0.473. The third kappa shape index (κ3) is 2.41. The van der Waals surface area contributed by atoms with Crippen LogP contribution in [0, 0.1) is 34.5 Å². The van der Waals surface area contributed by atoms with Crippen LogP contribution >= 0.6 is 0 Å². The summed E-state index contributed by atoms with van der Waals surface area (Å²) in [5.41, 5.74) is 2.54. The second-order valence-corrected chi connectivity index (χ2v) is 8.62. The molecule has 5 atom stereocenters. The fourth-order valence-electron chi connectivity index (χ4n) is 5.64. The van der Waals surface area contributed by atoms with Crippen LogP contribution in [0.5, 0.6) is 0 Å². The average molecular weight is 262 g/mol. The molecule has 2 saturated carbocycles. The first-order valence-electron chi connectivity index (χ1n) is 8.39. The lowest BCUT2D eigenvalue weighted by Crippen LogP contribution is -2.44. The summed E-state index contributed by atoms with van der Waals surface area (Å²) in [5.74, 6) is 3.51. The first-order valence-corrected chi connectivity index (χ1v) is 8.39. The molecule has 2 rings (SSSR count). The summed E-state index contributed by atoms with van der Waals surface area (Å²) < 4.78 is 0. The molecule has 2 fully saturated rings. The van der Waals surface area contributed by atoms with Crippen molar-refractivity contribution in [2.45, 2.75) is 73.6 Å². The molecule has 0 aromatic heterocycles. The summed E-state index contributed by atoms with van der Waals surface area (Å²) in [6, 6.07) is 0. The molecule has 5 unspecified atom stereocenters. The molecule has 0 spiro atoms. The molecule has 0 heterocycles. The van der Waals surface area contributed by atoms with E-state index in [0.29, 0.717) is 10.8 Å². The Balaban J connectivity index is 2.22. The van der Waals surface area contributed by atoms with Crippen molar-refractivity contribution >= 4 is 0 Å². The lowest BCUT2D eigenvalue weighted by atomic mass is 9.53. The maximum absolute atomic E-state index is 4.38. The second kappa shape index (κ2) is 4.93. The van der Waals surface area contributed by atoms with Gasteiger partial charge < -0.3 is 0 Å². The van der Waals surface area contributed by atoms with E-state index in [2.05, 4.69) is 48.1 Å². The highest BCUT2D eigenvalue weighted by atomic mass is 14.6. The minimum Gasteiger partial charge on any atom is -0.0996 e. The molecule has 19 heavy (non-hydrogen) atoms. The van der Waals surface area contributed by atoms with E-state index in [-0.39, 0.29) is 0 Å². The largest absolute Gasteiger partial charge is 0.0996 e. The van der Waals surface area contributed by atoms with Gasteiger partial charge in [-0.2, -0.15) is 0 Å². The minimum absolute atomic E-state index is 0.473. The van der Waals surface area contributed by atoms with Crippen molar-refractivity contribution in [3.63, 3.8) is 0 Å². The first-order chi connectivity index (χ1) is 8.71. The fourth-order valence-corrected chi connectivity index (χ4v) is 5.64. The van der Waals surface area contributed by atoms with E-state index in [1.807, 2.05) is 0 Å². The van der Waals surface area contributed by atoms with Crippen LogP contribution in [-0.2, 0) is 0 Å². The van der Waals surface area contributed by atoms with Gasteiger partial charge in [-0.3, -0.25) is 0 Å². The van der Waals surface area contributed by atoms with Gasteiger partial charge in [-0.05, 0) is 66.6 Å². The molecular formula is C19H34. The van der Waals surface area contributed by atoms with Gasteiger partial charge >= 0.3 is 0 Å². The Morgan fingerprint density at radius 1 is 1.21 bits per heavy atom. The Morgan fingerprint density at radius 2 is 1.84 bits per heavy atom. The van der Waals surface area contributed by atoms with Crippen LogP contribution in [-0.4, -0.2) is 0 Å². The lowest BCUT2D eigenvalue weighted by molar-refractivity contribution is -0.0140. The smallest absolute Gasteiger partial charge is 0.0149 e. The molecule has 2 aliphatic carbocycles. The Hall–Kier alpha value is -0.260. The third-order valence-corrected chi connectivity index (χ3v) is 6.73. The van der Waals surface area contributed by atoms with Crippen molar-refractivity contribution in [3.05, 3.63) is 12.2 Å². The normalized spacial score (nSPS) is 43.1. The summed E-state index contributed by atoms with van der Waals surface area (Å²) in [6.07, 6.45) is 6.85. The zero-order chi connectivity index (χ0) is 14.4. The van der Waals surface area contributed by atoms with Crippen LogP contribution in [0.1, 0.15) is 73.6 Å². The molecule has 0 aromatic rings. The van der Waals surface area contributed by atoms with Gasteiger partial charge in [-0.1, -0.05) is 53.7 Å². The van der Waals surface area contributed by atoms with Gasteiger partial charge in [0.25, 0.3) is 0 Å². The van der Waals surface area contributed by atoms with Crippen molar-refractivity contribution in [1.29, 1.82) is 0 Å².